The highest BCUT2D eigenvalue weighted by Crippen LogP contribution is 2.34. The van der Waals surface area contributed by atoms with E-state index in [-0.39, 0.29) is 0 Å². The minimum absolute atomic E-state index is 1.18. The zero-order valence-corrected chi connectivity index (χ0v) is 6.16. The van der Waals surface area contributed by atoms with Gasteiger partial charge in [0.15, 0.2) is 0 Å². The van der Waals surface area contributed by atoms with Gasteiger partial charge in [-0.3, -0.25) is 0 Å². The van der Waals surface area contributed by atoms with E-state index in [0.717, 1.165) is 0 Å². The van der Waals surface area contributed by atoms with Crippen LogP contribution in [0.25, 0.3) is 0 Å². The summed E-state index contributed by atoms with van der Waals surface area (Å²) in [6.45, 7) is 2.15. The SMILES string of the molecule is CC1=CC2=CSCC2=C1. The van der Waals surface area contributed by atoms with E-state index in [2.05, 4.69) is 24.5 Å². The summed E-state index contributed by atoms with van der Waals surface area (Å²) in [5.41, 5.74) is 4.35. The molecule has 0 unspecified atom stereocenters. The number of hydrogen-bond donors (Lipinski definition) is 0. The van der Waals surface area contributed by atoms with Gasteiger partial charge < -0.3 is 0 Å². The van der Waals surface area contributed by atoms with Gasteiger partial charge in [-0.15, -0.1) is 11.8 Å². The number of thioether (sulfide) groups is 1. The minimum Gasteiger partial charge on any atom is -0.129 e. The molecule has 0 radical (unpaired) electrons. The van der Waals surface area contributed by atoms with Gasteiger partial charge >= 0.3 is 0 Å². The summed E-state index contributed by atoms with van der Waals surface area (Å²) < 4.78 is 0. The van der Waals surface area contributed by atoms with E-state index in [9.17, 15) is 0 Å². The van der Waals surface area contributed by atoms with Gasteiger partial charge in [0.05, 0.1) is 0 Å². The molecule has 0 spiro atoms. The van der Waals surface area contributed by atoms with Crippen LogP contribution in [0.2, 0.25) is 0 Å². The first kappa shape index (κ1) is 5.36. The first-order valence-corrected chi connectivity index (χ1v) is 4.12. The van der Waals surface area contributed by atoms with Gasteiger partial charge in [-0.25, -0.2) is 0 Å². The summed E-state index contributed by atoms with van der Waals surface area (Å²) in [7, 11) is 0. The van der Waals surface area contributed by atoms with E-state index in [1.54, 1.807) is 0 Å². The van der Waals surface area contributed by atoms with E-state index in [4.69, 9.17) is 0 Å². The van der Waals surface area contributed by atoms with Crippen molar-refractivity contribution in [1.82, 2.24) is 0 Å². The predicted octanol–water partition coefficient (Wildman–Crippen LogP) is 2.50. The monoisotopic (exact) mass is 136 g/mol. The van der Waals surface area contributed by atoms with E-state index in [1.165, 1.54) is 22.5 Å². The van der Waals surface area contributed by atoms with Gasteiger partial charge in [-0.2, -0.15) is 0 Å². The van der Waals surface area contributed by atoms with E-state index < -0.39 is 0 Å². The molecule has 0 aromatic heterocycles. The summed E-state index contributed by atoms with van der Waals surface area (Å²) in [6, 6.07) is 0. The lowest BCUT2D eigenvalue weighted by Crippen LogP contribution is -1.75. The highest BCUT2D eigenvalue weighted by molar-refractivity contribution is 8.02. The summed E-state index contributed by atoms with van der Waals surface area (Å²) in [5, 5.41) is 2.24. The standard InChI is InChI=1S/C8H8S/c1-6-2-7-4-9-5-8(7)3-6/h2-4H,5H2,1H3. The maximum atomic E-state index is 2.27. The second-order valence-electron chi connectivity index (χ2n) is 2.44. The number of fused-ring (bicyclic) bond motifs is 1. The molecule has 1 aliphatic heterocycles. The van der Waals surface area contributed by atoms with Crippen LogP contribution in [0.15, 0.2) is 34.3 Å². The lowest BCUT2D eigenvalue weighted by molar-refractivity contribution is 1.52. The maximum Gasteiger partial charge on any atom is 0.0232 e. The molecule has 0 bridgehead atoms. The van der Waals surface area contributed by atoms with Crippen LogP contribution in [-0.4, -0.2) is 5.75 Å². The number of allylic oxidation sites excluding steroid dienone is 4. The van der Waals surface area contributed by atoms with Crippen LogP contribution < -0.4 is 0 Å². The van der Waals surface area contributed by atoms with E-state index in [0.29, 0.717) is 0 Å². The first-order valence-electron chi connectivity index (χ1n) is 3.07. The molecule has 2 rings (SSSR count). The molecule has 0 N–H and O–H groups in total. The lowest BCUT2D eigenvalue weighted by Gasteiger charge is -1.87. The van der Waals surface area contributed by atoms with Crippen molar-refractivity contribution in [3.8, 4) is 0 Å². The lowest BCUT2D eigenvalue weighted by atomic mass is 10.2. The molecule has 0 nitrogen and oxygen atoms in total. The van der Waals surface area contributed by atoms with Crippen molar-refractivity contribution in [1.29, 1.82) is 0 Å². The molecule has 0 amide bonds. The number of hydrogen-bond acceptors (Lipinski definition) is 1. The minimum atomic E-state index is 1.18. The highest BCUT2D eigenvalue weighted by atomic mass is 32.2. The molecule has 0 aromatic carbocycles. The largest absolute Gasteiger partial charge is 0.129 e. The Balaban J connectivity index is 2.46. The molecule has 2 aliphatic rings. The van der Waals surface area contributed by atoms with Crippen molar-refractivity contribution in [3.63, 3.8) is 0 Å². The van der Waals surface area contributed by atoms with Crippen LogP contribution in [-0.2, 0) is 0 Å². The maximum absolute atomic E-state index is 2.27. The Hall–Kier alpha value is -0.430. The fraction of sp³-hybridized carbons (Fsp3) is 0.250. The third kappa shape index (κ3) is 0.761. The zero-order valence-electron chi connectivity index (χ0n) is 5.35. The molecule has 1 heteroatoms. The van der Waals surface area contributed by atoms with Gasteiger partial charge in [0.2, 0.25) is 0 Å². The fourth-order valence-electron chi connectivity index (χ4n) is 1.19. The average Bonchev–Trinajstić information content (AvgIpc) is 2.22. The van der Waals surface area contributed by atoms with Crippen molar-refractivity contribution < 1.29 is 0 Å². The van der Waals surface area contributed by atoms with Gasteiger partial charge in [-0.1, -0.05) is 17.7 Å². The van der Waals surface area contributed by atoms with Gasteiger partial charge in [-0.05, 0) is 23.5 Å². The predicted molar refractivity (Wildman–Crippen MR) is 42.4 cm³/mol. The Kier molecular flexibility index (Phi) is 1.06. The average molecular weight is 136 g/mol. The van der Waals surface area contributed by atoms with Gasteiger partial charge in [0, 0.05) is 5.75 Å². The highest BCUT2D eigenvalue weighted by Gasteiger charge is 2.13. The van der Waals surface area contributed by atoms with Crippen LogP contribution >= 0.6 is 11.8 Å². The topological polar surface area (TPSA) is 0 Å². The quantitative estimate of drug-likeness (QED) is 0.493. The molecule has 46 valence electrons. The van der Waals surface area contributed by atoms with Crippen LogP contribution in [0.1, 0.15) is 6.92 Å². The molecule has 1 heterocycles. The molecule has 9 heavy (non-hydrogen) atoms. The van der Waals surface area contributed by atoms with Crippen molar-refractivity contribution >= 4 is 11.8 Å². The Morgan fingerprint density at radius 1 is 1.44 bits per heavy atom. The molecular weight excluding hydrogens is 128 g/mol. The second kappa shape index (κ2) is 1.77. The normalized spacial score (nSPS) is 23.0. The molecule has 0 saturated carbocycles. The fourth-order valence-corrected chi connectivity index (χ4v) is 2.11. The third-order valence-corrected chi connectivity index (χ3v) is 2.50. The summed E-state index contributed by atoms with van der Waals surface area (Å²) in [4.78, 5) is 0. The Morgan fingerprint density at radius 3 is 3.11 bits per heavy atom. The summed E-state index contributed by atoms with van der Waals surface area (Å²) in [5.74, 6) is 1.18. The van der Waals surface area contributed by atoms with Crippen molar-refractivity contribution in [2.75, 3.05) is 5.75 Å². The van der Waals surface area contributed by atoms with Crippen LogP contribution in [0.5, 0.6) is 0 Å². The Morgan fingerprint density at radius 2 is 2.33 bits per heavy atom. The van der Waals surface area contributed by atoms with Gasteiger partial charge in [0.25, 0.3) is 0 Å². The molecule has 0 aromatic rings. The van der Waals surface area contributed by atoms with Crippen molar-refractivity contribution in [2.24, 2.45) is 0 Å². The van der Waals surface area contributed by atoms with E-state index in [1.807, 2.05) is 11.8 Å². The first-order chi connectivity index (χ1) is 4.36. The Labute approximate surface area is 59.3 Å². The van der Waals surface area contributed by atoms with Crippen molar-refractivity contribution in [2.45, 2.75) is 6.92 Å². The van der Waals surface area contributed by atoms with Crippen LogP contribution in [0.3, 0.4) is 0 Å². The van der Waals surface area contributed by atoms with Crippen molar-refractivity contribution in [3.05, 3.63) is 34.3 Å². The molecule has 0 atom stereocenters. The molecule has 0 saturated heterocycles. The summed E-state index contributed by atoms with van der Waals surface area (Å²) >= 11 is 1.89. The molecule has 0 fully saturated rings. The Bertz CT molecular complexity index is 231. The molecular formula is C8H8S. The number of rotatable bonds is 0. The molecule has 1 aliphatic carbocycles. The third-order valence-electron chi connectivity index (χ3n) is 1.61. The zero-order chi connectivity index (χ0) is 6.27. The van der Waals surface area contributed by atoms with Crippen LogP contribution in [0.4, 0.5) is 0 Å². The van der Waals surface area contributed by atoms with E-state index >= 15 is 0 Å². The smallest absolute Gasteiger partial charge is 0.0232 e. The second-order valence-corrected chi connectivity index (χ2v) is 3.30. The van der Waals surface area contributed by atoms with Crippen LogP contribution in [0, 0.1) is 0 Å². The van der Waals surface area contributed by atoms with Gasteiger partial charge in [0.1, 0.15) is 0 Å². The summed E-state index contributed by atoms with van der Waals surface area (Å²) in [6.07, 6.45) is 4.52.